The Morgan fingerprint density at radius 2 is 2.21 bits per heavy atom. The number of nitrogens with zero attached hydrogens (tertiary/aromatic N) is 2. The summed E-state index contributed by atoms with van der Waals surface area (Å²) in [4.78, 5) is 2.84. The number of rotatable bonds is 4. The van der Waals surface area contributed by atoms with Crippen LogP contribution < -0.4 is 5.32 Å². The fourth-order valence-corrected chi connectivity index (χ4v) is 5.17. The summed E-state index contributed by atoms with van der Waals surface area (Å²) in [7, 11) is 0. The molecule has 3 nitrogen and oxygen atoms in total. The highest BCUT2D eigenvalue weighted by Gasteiger charge is 2.16. The number of aryl methyl sites for hydroxylation is 1. The van der Waals surface area contributed by atoms with Crippen LogP contribution in [0.4, 0.5) is 0 Å². The quantitative estimate of drug-likeness (QED) is 0.937. The smallest absolute Gasteiger partial charge is 0.157 e. The minimum atomic E-state index is 0.485. The molecular formula is C13H17N3S3. The monoisotopic (exact) mass is 311 g/mol. The zero-order chi connectivity index (χ0) is 13.2. The van der Waals surface area contributed by atoms with Gasteiger partial charge in [0.2, 0.25) is 0 Å². The number of thioether (sulfide) groups is 1. The van der Waals surface area contributed by atoms with E-state index in [9.17, 15) is 0 Å². The van der Waals surface area contributed by atoms with Gasteiger partial charge in [0.1, 0.15) is 5.01 Å². The van der Waals surface area contributed by atoms with Gasteiger partial charge in [0.05, 0.1) is 4.88 Å². The maximum absolute atomic E-state index is 4.34. The summed E-state index contributed by atoms with van der Waals surface area (Å²) in [6, 6.07) is 2.80. The average Bonchev–Trinajstić information content (AvgIpc) is 3.02. The van der Waals surface area contributed by atoms with E-state index in [2.05, 4.69) is 35.4 Å². The summed E-state index contributed by atoms with van der Waals surface area (Å²) in [5, 5.41) is 14.1. The fourth-order valence-electron chi connectivity index (χ4n) is 1.97. The standard InChI is InChI=1S/C13H17N3S3/c1-8(2)14-6-12-15-16-13(19-12)11-5-9-7-17-4-3-10(9)18-11/h5,8,14H,3-4,6-7H2,1-2H3. The van der Waals surface area contributed by atoms with E-state index in [4.69, 9.17) is 0 Å². The van der Waals surface area contributed by atoms with Crippen LogP contribution in [-0.4, -0.2) is 22.0 Å². The number of hydrogen-bond acceptors (Lipinski definition) is 6. The van der Waals surface area contributed by atoms with Gasteiger partial charge in [0.25, 0.3) is 0 Å². The van der Waals surface area contributed by atoms with Gasteiger partial charge in [0, 0.05) is 23.2 Å². The largest absolute Gasteiger partial charge is 0.308 e. The molecule has 0 bridgehead atoms. The Morgan fingerprint density at radius 1 is 1.32 bits per heavy atom. The summed E-state index contributed by atoms with van der Waals surface area (Å²) in [5.41, 5.74) is 1.51. The average molecular weight is 312 g/mol. The van der Waals surface area contributed by atoms with E-state index < -0.39 is 0 Å². The van der Waals surface area contributed by atoms with Gasteiger partial charge in [-0.25, -0.2) is 0 Å². The van der Waals surface area contributed by atoms with Crippen LogP contribution in [0.25, 0.3) is 9.88 Å². The molecule has 0 saturated carbocycles. The molecule has 0 amide bonds. The van der Waals surface area contributed by atoms with Crippen LogP contribution in [-0.2, 0) is 18.7 Å². The van der Waals surface area contributed by atoms with Crippen LogP contribution in [0.1, 0.15) is 29.3 Å². The first-order valence-electron chi connectivity index (χ1n) is 6.48. The molecule has 1 N–H and O–H groups in total. The van der Waals surface area contributed by atoms with Crippen molar-refractivity contribution in [1.29, 1.82) is 0 Å². The molecule has 19 heavy (non-hydrogen) atoms. The zero-order valence-corrected chi connectivity index (χ0v) is 13.6. The highest BCUT2D eigenvalue weighted by Crippen LogP contribution is 2.37. The molecular weight excluding hydrogens is 294 g/mol. The van der Waals surface area contributed by atoms with E-state index in [1.54, 1.807) is 16.2 Å². The molecule has 6 heteroatoms. The van der Waals surface area contributed by atoms with Crippen LogP contribution in [0, 0.1) is 0 Å². The van der Waals surface area contributed by atoms with Crippen molar-refractivity contribution in [2.75, 3.05) is 5.75 Å². The minimum Gasteiger partial charge on any atom is -0.308 e. The third-order valence-corrected chi connectivity index (χ3v) is 6.30. The minimum absolute atomic E-state index is 0.485. The second-order valence-corrected chi connectivity index (χ2v) is 8.20. The molecule has 1 aliphatic heterocycles. The fraction of sp³-hybridized carbons (Fsp3) is 0.538. The lowest BCUT2D eigenvalue weighted by Crippen LogP contribution is -2.21. The van der Waals surface area contributed by atoms with Crippen molar-refractivity contribution < 1.29 is 0 Å². The predicted molar refractivity (Wildman–Crippen MR) is 85.1 cm³/mol. The number of nitrogens with one attached hydrogen (secondary N) is 1. The number of fused-ring (bicyclic) bond motifs is 1. The van der Waals surface area contributed by atoms with Crippen molar-refractivity contribution in [3.8, 4) is 9.88 Å². The maximum Gasteiger partial charge on any atom is 0.157 e. The molecule has 102 valence electrons. The van der Waals surface area contributed by atoms with Gasteiger partial charge in [-0.15, -0.1) is 21.5 Å². The van der Waals surface area contributed by atoms with Crippen molar-refractivity contribution in [3.63, 3.8) is 0 Å². The summed E-state index contributed by atoms with van der Waals surface area (Å²) in [5.74, 6) is 2.42. The lowest BCUT2D eigenvalue weighted by Gasteiger charge is -2.08. The number of hydrogen-bond donors (Lipinski definition) is 1. The van der Waals surface area contributed by atoms with Gasteiger partial charge in [-0.3, -0.25) is 0 Å². The summed E-state index contributed by atoms with van der Waals surface area (Å²) < 4.78 is 0. The van der Waals surface area contributed by atoms with Gasteiger partial charge in [-0.2, -0.15) is 11.8 Å². The van der Waals surface area contributed by atoms with Gasteiger partial charge in [-0.05, 0) is 23.8 Å². The Labute approximate surface area is 125 Å². The van der Waals surface area contributed by atoms with Gasteiger partial charge >= 0.3 is 0 Å². The molecule has 2 aromatic rings. The summed E-state index contributed by atoms with van der Waals surface area (Å²) in [6.07, 6.45) is 1.21. The van der Waals surface area contributed by atoms with Gasteiger partial charge in [0.15, 0.2) is 5.01 Å². The Morgan fingerprint density at radius 3 is 3.00 bits per heavy atom. The van der Waals surface area contributed by atoms with E-state index in [0.29, 0.717) is 6.04 Å². The molecule has 3 rings (SSSR count). The molecule has 0 spiro atoms. The van der Waals surface area contributed by atoms with Crippen LogP contribution in [0.15, 0.2) is 6.07 Å². The molecule has 2 aromatic heterocycles. The van der Waals surface area contributed by atoms with E-state index in [0.717, 1.165) is 22.3 Å². The lowest BCUT2D eigenvalue weighted by atomic mass is 10.2. The van der Waals surface area contributed by atoms with E-state index >= 15 is 0 Å². The van der Waals surface area contributed by atoms with Crippen LogP contribution in [0.3, 0.4) is 0 Å². The Kier molecular flexibility index (Phi) is 4.21. The molecule has 3 heterocycles. The molecule has 1 aliphatic rings. The SMILES string of the molecule is CC(C)NCc1nnc(-c2cc3c(s2)CCSC3)s1. The summed E-state index contributed by atoms with van der Waals surface area (Å²) >= 11 is 5.64. The van der Waals surface area contributed by atoms with Crippen molar-refractivity contribution in [3.05, 3.63) is 21.5 Å². The highest BCUT2D eigenvalue weighted by atomic mass is 32.2. The first kappa shape index (κ1) is 13.5. The summed E-state index contributed by atoms with van der Waals surface area (Å²) in [6.45, 7) is 5.11. The van der Waals surface area contributed by atoms with Crippen LogP contribution in [0.5, 0.6) is 0 Å². The topological polar surface area (TPSA) is 37.8 Å². The molecule has 0 saturated heterocycles. The first-order chi connectivity index (χ1) is 9.22. The third kappa shape index (κ3) is 3.18. The molecule has 0 aliphatic carbocycles. The molecule has 0 unspecified atom stereocenters. The van der Waals surface area contributed by atoms with Gasteiger partial charge < -0.3 is 5.32 Å². The Hall–Kier alpha value is -0.430. The lowest BCUT2D eigenvalue weighted by molar-refractivity contribution is 0.585. The molecule has 0 atom stereocenters. The predicted octanol–water partition coefficient (Wildman–Crippen LogP) is 3.55. The molecule has 0 aromatic carbocycles. The third-order valence-electron chi connectivity index (χ3n) is 2.97. The number of aromatic nitrogens is 2. The van der Waals surface area contributed by atoms with Crippen LogP contribution in [0.2, 0.25) is 0 Å². The van der Waals surface area contributed by atoms with Crippen molar-refractivity contribution in [1.82, 2.24) is 15.5 Å². The van der Waals surface area contributed by atoms with Crippen LogP contribution >= 0.6 is 34.4 Å². The van der Waals surface area contributed by atoms with E-state index in [1.165, 1.54) is 22.6 Å². The molecule has 0 fully saturated rings. The number of thiophene rings is 1. The van der Waals surface area contributed by atoms with Crippen molar-refractivity contribution in [2.45, 2.75) is 38.6 Å². The maximum atomic E-state index is 4.34. The normalized spacial score (nSPS) is 14.9. The molecule has 0 radical (unpaired) electrons. The Bertz CT molecular complexity index is 536. The van der Waals surface area contributed by atoms with E-state index in [-0.39, 0.29) is 0 Å². The van der Waals surface area contributed by atoms with Crippen molar-refractivity contribution >= 4 is 34.4 Å². The highest BCUT2D eigenvalue weighted by molar-refractivity contribution is 7.98. The first-order valence-corrected chi connectivity index (χ1v) is 9.26. The van der Waals surface area contributed by atoms with Gasteiger partial charge in [-0.1, -0.05) is 25.2 Å². The second-order valence-electron chi connectivity index (χ2n) is 4.90. The zero-order valence-electron chi connectivity index (χ0n) is 11.1. The Balaban J connectivity index is 1.76. The van der Waals surface area contributed by atoms with E-state index in [1.807, 2.05) is 23.1 Å². The van der Waals surface area contributed by atoms with Crippen molar-refractivity contribution in [2.24, 2.45) is 0 Å². The second kappa shape index (κ2) is 5.91.